The first-order valence-corrected chi connectivity index (χ1v) is 8.55. The molecule has 2 aromatic carbocycles. The monoisotopic (exact) mass is 325 g/mol. The molecule has 3 heteroatoms. The fourth-order valence-electron chi connectivity index (χ4n) is 3.51. The highest BCUT2D eigenvalue weighted by atomic mass is 19.1. The largest absolute Gasteiger partial charge is 0.354 e. The summed E-state index contributed by atoms with van der Waals surface area (Å²) in [5.41, 5.74) is 0.847. The maximum absolute atomic E-state index is 14.1. The number of halogens is 1. The number of benzene rings is 2. The second-order valence-electron chi connectivity index (χ2n) is 7.35. The van der Waals surface area contributed by atoms with Gasteiger partial charge < -0.3 is 5.32 Å². The molecule has 0 atom stereocenters. The zero-order valence-electron chi connectivity index (χ0n) is 14.3. The highest BCUT2D eigenvalue weighted by Gasteiger charge is 2.45. The van der Waals surface area contributed by atoms with Crippen LogP contribution >= 0.6 is 0 Å². The van der Waals surface area contributed by atoms with Crippen LogP contribution in [0.3, 0.4) is 0 Å². The number of hydrogen-bond donors (Lipinski definition) is 1. The van der Waals surface area contributed by atoms with Crippen LogP contribution in [0, 0.1) is 5.82 Å². The van der Waals surface area contributed by atoms with E-state index in [9.17, 15) is 9.18 Å². The molecular weight excluding hydrogens is 301 g/mol. The van der Waals surface area contributed by atoms with E-state index in [4.69, 9.17) is 0 Å². The van der Waals surface area contributed by atoms with E-state index < -0.39 is 10.8 Å². The average Bonchev–Trinajstić information content (AvgIpc) is 2.53. The van der Waals surface area contributed by atoms with Crippen molar-refractivity contribution in [2.45, 2.75) is 43.9 Å². The lowest BCUT2D eigenvalue weighted by molar-refractivity contribution is -0.130. The zero-order valence-corrected chi connectivity index (χ0v) is 14.3. The molecule has 0 bridgehead atoms. The second kappa shape index (κ2) is 6.39. The topological polar surface area (TPSA) is 29.1 Å². The summed E-state index contributed by atoms with van der Waals surface area (Å²) in [4.78, 5) is 12.9. The Morgan fingerprint density at radius 2 is 1.71 bits per heavy atom. The van der Waals surface area contributed by atoms with E-state index in [0.717, 1.165) is 24.8 Å². The highest BCUT2D eigenvalue weighted by molar-refractivity contribution is 5.89. The molecule has 1 aliphatic carbocycles. The molecule has 0 spiro atoms. The van der Waals surface area contributed by atoms with Gasteiger partial charge in [-0.25, -0.2) is 4.39 Å². The van der Waals surface area contributed by atoms with Crippen molar-refractivity contribution in [3.8, 4) is 0 Å². The summed E-state index contributed by atoms with van der Waals surface area (Å²) >= 11 is 0. The zero-order chi connectivity index (χ0) is 17.2. The molecule has 3 rings (SSSR count). The predicted molar refractivity (Wildman–Crippen MR) is 94.4 cm³/mol. The van der Waals surface area contributed by atoms with Crippen LogP contribution in [0.2, 0.25) is 0 Å². The minimum Gasteiger partial charge on any atom is -0.354 e. The Hall–Kier alpha value is -2.16. The van der Waals surface area contributed by atoms with E-state index in [1.54, 1.807) is 12.1 Å². The van der Waals surface area contributed by atoms with Crippen molar-refractivity contribution in [1.82, 2.24) is 5.32 Å². The van der Waals surface area contributed by atoms with Crippen molar-refractivity contribution < 1.29 is 9.18 Å². The summed E-state index contributed by atoms with van der Waals surface area (Å²) < 4.78 is 14.1. The lowest BCUT2D eigenvalue weighted by atomic mass is 9.63. The fourth-order valence-corrected chi connectivity index (χ4v) is 3.51. The number of hydrogen-bond acceptors (Lipinski definition) is 1. The van der Waals surface area contributed by atoms with E-state index in [1.165, 1.54) is 6.07 Å². The summed E-state index contributed by atoms with van der Waals surface area (Å²) in [6.45, 7) is 4.34. The van der Waals surface area contributed by atoms with E-state index in [-0.39, 0.29) is 11.7 Å². The molecule has 1 N–H and O–H groups in total. The number of rotatable bonds is 5. The Morgan fingerprint density at radius 1 is 1.08 bits per heavy atom. The van der Waals surface area contributed by atoms with Crippen LogP contribution in [-0.2, 0) is 15.6 Å². The summed E-state index contributed by atoms with van der Waals surface area (Å²) in [5.74, 6) is -0.164. The summed E-state index contributed by atoms with van der Waals surface area (Å²) in [5, 5.41) is 3.08. The van der Waals surface area contributed by atoms with E-state index >= 15 is 0 Å². The first-order valence-electron chi connectivity index (χ1n) is 8.55. The van der Waals surface area contributed by atoms with Crippen molar-refractivity contribution in [2.24, 2.45) is 0 Å². The van der Waals surface area contributed by atoms with Crippen LogP contribution in [0.1, 0.15) is 44.2 Å². The first-order chi connectivity index (χ1) is 11.5. The van der Waals surface area contributed by atoms with Gasteiger partial charge in [-0.05, 0) is 30.0 Å². The first kappa shape index (κ1) is 16.7. The van der Waals surface area contributed by atoms with E-state index in [2.05, 4.69) is 5.32 Å². The van der Waals surface area contributed by atoms with Gasteiger partial charge in [0.1, 0.15) is 5.82 Å². The fraction of sp³-hybridized carbons (Fsp3) is 0.381. The smallest absolute Gasteiger partial charge is 0.230 e. The Balaban J connectivity index is 1.74. The molecule has 0 aliphatic heterocycles. The lowest BCUT2D eigenvalue weighted by Crippen LogP contribution is -2.51. The molecular formula is C21H24FNO. The van der Waals surface area contributed by atoms with Gasteiger partial charge in [-0.1, -0.05) is 68.8 Å². The predicted octanol–water partition coefficient (Wildman–Crippen LogP) is 4.34. The maximum Gasteiger partial charge on any atom is 0.230 e. The van der Waals surface area contributed by atoms with Crippen molar-refractivity contribution in [3.05, 3.63) is 71.5 Å². The van der Waals surface area contributed by atoms with Gasteiger partial charge in [0.2, 0.25) is 5.91 Å². The van der Waals surface area contributed by atoms with Gasteiger partial charge in [0.25, 0.3) is 0 Å². The second-order valence-corrected chi connectivity index (χ2v) is 7.35. The van der Waals surface area contributed by atoms with Crippen LogP contribution in [0.25, 0.3) is 0 Å². The SMILES string of the molecule is CC(C)(CNC(=O)C1(c2ccccc2)CCC1)c1ccccc1F. The van der Waals surface area contributed by atoms with Crippen molar-refractivity contribution >= 4 is 5.91 Å². The summed E-state index contributed by atoms with van der Waals surface area (Å²) in [6.07, 6.45) is 2.82. The summed E-state index contributed by atoms with van der Waals surface area (Å²) in [7, 11) is 0. The van der Waals surface area contributed by atoms with E-state index in [1.807, 2.05) is 50.2 Å². The molecule has 0 heterocycles. The molecule has 24 heavy (non-hydrogen) atoms. The Kier molecular flexibility index (Phi) is 4.44. The van der Waals surface area contributed by atoms with Gasteiger partial charge in [-0.2, -0.15) is 0 Å². The number of nitrogens with one attached hydrogen (secondary N) is 1. The van der Waals surface area contributed by atoms with Crippen molar-refractivity contribution in [3.63, 3.8) is 0 Å². The van der Waals surface area contributed by atoms with Crippen LogP contribution in [0.15, 0.2) is 54.6 Å². The van der Waals surface area contributed by atoms with Gasteiger partial charge in [-0.3, -0.25) is 4.79 Å². The third-order valence-electron chi connectivity index (χ3n) is 5.26. The van der Waals surface area contributed by atoms with Crippen LogP contribution in [0.4, 0.5) is 4.39 Å². The minimum atomic E-state index is -0.456. The molecule has 2 nitrogen and oxygen atoms in total. The van der Waals surface area contributed by atoms with Crippen LogP contribution < -0.4 is 5.32 Å². The van der Waals surface area contributed by atoms with Gasteiger partial charge in [0.05, 0.1) is 5.41 Å². The molecule has 1 fully saturated rings. The van der Waals surface area contributed by atoms with Gasteiger partial charge in [0, 0.05) is 12.0 Å². The maximum atomic E-state index is 14.1. The third-order valence-corrected chi connectivity index (χ3v) is 5.26. The summed E-state index contributed by atoms with van der Waals surface area (Å²) in [6, 6.07) is 16.8. The van der Waals surface area contributed by atoms with Gasteiger partial charge in [0.15, 0.2) is 0 Å². The molecule has 1 amide bonds. The standard InChI is InChI=1S/C21H24FNO/c1-20(2,17-11-6-7-12-18(17)22)15-23-19(24)21(13-8-14-21)16-9-4-3-5-10-16/h3-7,9-12H,8,13-15H2,1-2H3,(H,23,24). The van der Waals surface area contributed by atoms with E-state index in [0.29, 0.717) is 12.1 Å². The van der Waals surface area contributed by atoms with Crippen LogP contribution in [-0.4, -0.2) is 12.5 Å². The molecule has 0 saturated heterocycles. The molecule has 0 aromatic heterocycles. The quantitative estimate of drug-likeness (QED) is 0.870. The number of amides is 1. The highest BCUT2D eigenvalue weighted by Crippen LogP contribution is 2.44. The lowest BCUT2D eigenvalue weighted by Gasteiger charge is -2.41. The number of carbonyl (C=O) groups excluding carboxylic acids is 1. The number of carbonyl (C=O) groups is 1. The van der Waals surface area contributed by atoms with Gasteiger partial charge in [-0.15, -0.1) is 0 Å². The molecule has 2 aromatic rings. The Bertz CT molecular complexity index is 720. The molecule has 0 radical (unpaired) electrons. The third kappa shape index (κ3) is 2.95. The Morgan fingerprint density at radius 3 is 2.29 bits per heavy atom. The molecule has 1 aliphatic rings. The van der Waals surface area contributed by atoms with Gasteiger partial charge >= 0.3 is 0 Å². The van der Waals surface area contributed by atoms with Crippen molar-refractivity contribution in [2.75, 3.05) is 6.54 Å². The Labute approximate surface area is 143 Å². The molecule has 1 saturated carbocycles. The van der Waals surface area contributed by atoms with Crippen molar-refractivity contribution in [1.29, 1.82) is 0 Å². The minimum absolute atomic E-state index is 0.0596. The average molecular weight is 325 g/mol. The molecule has 126 valence electrons. The molecule has 0 unspecified atom stereocenters. The van der Waals surface area contributed by atoms with Crippen LogP contribution in [0.5, 0.6) is 0 Å². The normalized spacial score (nSPS) is 16.3.